The molecule has 0 radical (unpaired) electrons. The number of carbonyl (C=O) groups excluding carboxylic acids is 1. The molecule has 1 heterocycles. The summed E-state index contributed by atoms with van der Waals surface area (Å²) in [4.78, 5) is 11.6. The van der Waals surface area contributed by atoms with E-state index in [0.29, 0.717) is 22.3 Å². The molecule has 1 aliphatic heterocycles. The second kappa shape index (κ2) is 5.66. The molecule has 1 aliphatic rings. The zero-order valence-electron chi connectivity index (χ0n) is 11.3. The minimum absolute atomic E-state index is 0.100. The molecule has 0 aromatic heterocycles. The van der Waals surface area contributed by atoms with Crippen LogP contribution >= 0.6 is 11.6 Å². The van der Waals surface area contributed by atoms with E-state index in [1.807, 2.05) is 24.3 Å². The van der Waals surface area contributed by atoms with Crippen LogP contribution in [0.1, 0.15) is 18.1 Å². The Balaban J connectivity index is 2.05. The highest BCUT2D eigenvalue weighted by Crippen LogP contribution is 2.43. The van der Waals surface area contributed by atoms with Gasteiger partial charge in [0, 0.05) is 16.7 Å². The first-order valence-corrected chi connectivity index (χ1v) is 6.85. The van der Waals surface area contributed by atoms with Crippen LogP contribution in [0.5, 0.6) is 17.2 Å². The first-order valence-electron chi connectivity index (χ1n) is 6.47. The monoisotopic (exact) mass is 304 g/mol. The summed E-state index contributed by atoms with van der Waals surface area (Å²) in [5.41, 5.74) is 0.801. The summed E-state index contributed by atoms with van der Waals surface area (Å²) in [7, 11) is 1.35. The summed E-state index contributed by atoms with van der Waals surface area (Å²) in [5, 5.41) is 0.542. The molecule has 0 spiro atoms. The fraction of sp³-hybridized carbons (Fsp3) is 0.188. The number of esters is 1. The van der Waals surface area contributed by atoms with Crippen LogP contribution in [0, 0.1) is 0 Å². The summed E-state index contributed by atoms with van der Waals surface area (Å²) in [6.07, 6.45) is -0.378. The number of fused-ring (bicyclic) bond motifs is 2. The molecule has 0 N–H and O–H groups in total. The highest BCUT2D eigenvalue weighted by Gasteiger charge is 2.27. The summed E-state index contributed by atoms with van der Waals surface area (Å²) in [5.74, 6) is 1.39. The Bertz CT molecular complexity index is 684. The van der Waals surface area contributed by atoms with E-state index in [2.05, 4.69) is 0 Å². The van der Waals surface area contributed by atoms with Gasteiger partial charge in [0.15, 0.2) is 11.5 Å². The Morgan fingerprint density at radius 1 is 1.19 bits per heavy atom. The first kappa shape index (κ1) is 13.8. The van der Waals surface area contributed by atoms with Gasteiger partial charge in [-0.05, 0) is 18.2 Å². The predicted octanol–water partition coefficient (Wildman–Crippen LogP) is 4.13. The maximum absolute atomic E-state index is 11.6. The lowest BCUT2D eigenvalue weighted by atomic mass is 10.1. The number of hydrogen-bond acceptors (Lipinski definition) is 4. The molecule has 3 rings (SSSR count). The maximum atomic E-state index is 11.6. The number of carbonyl (C=O) groups is 1. The van der Waals surface area contributed by atoms with Crippen LogP contribution in [0.3, 0.4) is 0 Å². The average Bonchev–Trinajstić information content (AvgIpc) is 2.63. The van der Waals surface area contributed by atoms with Crippen molar-refractivity contribution >= 4 is 17.6 Å². The molecule has 2 aromatic rings. The van der Waals surface area contributed by atoms with Crippen molar-refractivity contribution in [2.45, 2.75) is 12.5 Å². The molecule has 0 bridgehead atoms. The topological polar surface area (TPSA) is 44.8 Å². The quantitative estimate of drug-likeness (QED) is 0.783. The van der Waals surface area contributed by atoms with Crippen molar-refractivity contribution in [2.24, 2.45) is 0 Å². The van der Waals surface area contributed by atoms with Gasteiger partial charge >= 0.3 is 5.97 Å². The van der Waals surface area contributed by atoms with E-state index < -0.39 is 6.10 Å². The van der Waals surface area contributed by atoms with Gasteiger partial charge in [-0.3, -0.25) is 4.79 Å². The molecule has 0 saturated heterocycles. The fourth-order valence-corrected chi connectivity index (χ4v) is 2.38. The standard InChI is InChI=1S/C16H13ClO4/c1-19-16(18)9-14-11-4-2-3-5-12(11)20-13-7-6-10(17)8-15(13)21-14/h2-8,14H,9H2,1H3. The van der Waals surface area contributed by atoms with Crippen molar-refractivity contribution in [3.63, 3.8) is 0 Å². The molecule has 1 atom stereocenters. The highest BCUT2D eigenvalue weighted by molar-refractivity contribution is 6.30. The molecule has 0 saturated carbocycles. The van der Waals surface area contributed by atoms with E-state index in [1.165, 1.54) is 7.11 Å². The number of rotatable bonds is 2. The normalized spacial score (nSPS) is 15.8. The number of halogens is 1. The SMILES string of the molecule is COC(=O)CC1Oc2cc(Cl)ccc2Oc2ccccc21. The van der Waals surface area contributed by atoms with Gasteiger partial charge in [0.25, 0.3) is 0 Å². The van der Waals surface area contributed by atoms with Crippen LogP contribution in [-0.4, -0.2) is 13.1 Å². The largest absolute Gasteiger partial charge is 0.481 e. The Labute approximate surface area is 127 Å². The van der Waals surface area contributed by atoms with Gasteiger partial charge in [-0.25, -0.2) is 0 Å². The zero-order chi connectivity index (χ0) is 14.8. The van der Waals surface area contributed by atoms with E-state index >= 15 is 0 Å². The van der Waals surface area contributed by atoms with Crippen LogP contribution in [0.25, 0.3) is 0 Å². The zero-order valence-corrected chi connectivity index (χ0v) is 12.1. The average molecular weight is 305 g/mol. The summed E-state index contributed by atoms with van der Waals surface area (Å²) in [6, 6.07) is 12.6. The van der Waals surface area contributed by atoms with Crippen molar-refractivity contribution in [3.05, 3.63) is 53.1 Å². The summed E-state index contributed by atoms with van der Waals surface area (Å²) < 4.78 is 16.5. The highest BCUT2D eigenvalue weighted by atomic mass is 35.5. The van der Waals surface area contributed by atoms with E-state index in [-0.39, 0.29) is 12.4 Å². The van der Waals surface area contributed by atoms with Crippen molar-refractivity contribution in [3.8, 4) is 17.2 Å². The number of para-hydroxylation sites is 1. The van der Waals surface area contributed by atoms with Gasteiger partial charge in [0.2, 0.25) is 0 Å². The molecule has 0 amide bonds. The minimum Gasteiger partial charge on any atom is -0.481 e. The maximum Gasteiger partial charge on any atom is 0.309 e. The van der Waals surface area contributed by atoms with Crippen LogP contribution in [0.15, 0.2) is 42.5 Å². The first-order chi connectivity index (χ1) is 10.2. The third kappa shape index (κ3) is 2.81. The molecular formula is C16H13ClO4. The number of ether oxygens (including phenoxy) is 3. The molecule has 0 fully saturated rings. The smallest absolute Gasteiger partial charge is 0.309 e. The Kier molecular flexibility index (Phi) is 3.71. The van der Waals surface area contributed by atoms with E-state index in [0.717, 1.165) is 5.56 Å². The molecule has 108 valence electrons. The van der Waals surface area contributed by atoms with Crippen molar-refractivity contribution in [1.29, 1.82) is 0 Å². The van der Waals surface area contributed by atoms with Crippen LogP contribution in [0.4, 0.5) is 0 Å². The Hall–Kier alpha value is -2.20. The van der Waals surface area contributed by atoms with Gasteiger partial charge in [0.1, 0.15) is 11.9 Å². The lowest BCUT2D eigenvalue weighted by Gasteiger charge is -2.16. The number of methoxy groups -OCH3 is 1. The van der Waals surface area contributed by atoms with Crippen molar-refractivity contribution < 1.29 is 19.0 Å². The van der Waals surface area contributed by atoms with Crippen LogP contribution < -0.4 is 9.47 Å². The third-order valence-corrected chi connectivity index (χ3v) is 3.48. The summed E-state index contributed by atoms with van der Waals surface area (Å²) in [6.45, 7) is 0. The minimum atomic E-state index is -0.478. The van der Waals surface area contributed by atoms with Crippen molar-refractivity contribution in [2.75, 3.05) is 7.11 Å². The molecule has 4 nitrogen and oxygen atoms in total. The second-order valence-electron chi connectivity index (χ2n) is 4.62. The Morgan fingerprint density at radius 3 is 2.81 bits per heavy atom. The number of benzene rings is 2. The molecule has 5 heteroatoms. The molecular weight excluding hydrogens is 292 g/mol. The Morgan fingerprint density at radius 2 is 2.00 bits per heavy atom. The number of hydrogen-bond donors (Lipinski definition) is 0. The van der Waals surface area contributed by atoms with E-state index in [9.17, 15) is 4.79 Å². The third-order valence-electron chi connectivity index (χ3n) is 3.24. The lowest BCUT2D eigenvalue weighted by molar-refractivity contribution is -0.142. The fourth-order valence-electron chi connectivity index (χ4n) is 2.22. The predicted molar refractivity (Wildman–Crippen MR) is 78.0 cm³/mol. The summed E-state index contributed by atoms with van der Waals surface area (Å²) >= 11 is 5.99. The van der Waals surface area contributed by atoms with Gasteiger partial charge in [-0.15, -0.1) is 0 Å². The molecule has 21 heavy (non-hydrogen) atoms. The van der Waals surface area contributed by atoms with Gasteiger partial charge in [0.05, 0.1) is 13.5 Å². The second-order valence-corrected chi connectivity index (χ2v) is 5.05. The lowest BCUT2D eigenvalue weighted by Crippen LogP contribution is -2.13. The van der Waals surface area contributed by atoms with Gasteiger partial charge < -0.3 is 14.2 Å². The van der Waals surface area contributed by atoms with Gasteiger partial charge in [-0.2, -0.15) is 0 Å². The van der Waals surface area contributed by atoms with Gasteiger partial charge in [-0.1, -0.05) is 29.8 Å². The van der Waals surface area contributed by atoms with Crippen molar-refractivity contribution in [1.82, 2.24) is 0 Å². The van der Waals surface area contributed by atoms with Crippen LogP contribution in [-0.2, 0) is 9.53 Å². The molecule has 1 unspecified atom stereocenters. The van der Waals surface area contributed by atoms with E-state index in [1.54, 1.807) is 18.2 Å². The van der Waals surface area contributed by atoms with E-state index in [4.69, 9.17) is 25.8 Å². The molecule has 0 aliphatic carbocycles. The molecule has 2 aromatic carbocycles. The van der Waals surface area contributed by atoms with Crippen LogP contribution in [0.2, 0.25) is 5.02 Å².